The van der Waals surface area contributed by atoms with E-state index in [0.29, 0.717) is 52.1 Å². The second-order valence-corrected chi connectivity index (χ2v) is 15.0. The minimum atomic E-state index is -0.937. The van der Waals surface area contributed by atoms with Crippen LogP contribution in [-0.2, 0) is 16.1 Å². The van der Waals surface area contributed by atoms with Gasteiger partial charge in [-0.2, -0.15) is 0 Å². The number of amides is 2. The number of aromatic nitrogens is 1. The molecule has 292 valence electrons. The highest BCUT2D eigenvalue weighted by Crippen LogP contribution is 2.48. The van der Waals surface area contributed by atoms with Crippen LogP contribution < -0.4 is 26.2 Å². The quantitative estimate of drug-likeness (QED) is 0.0692. The predicted molar refractivity (Wildman–Crippen MR) is 217 cm³/mol. The lowest BCUT2D eigenvalue weighted by Crippen LogP contribution is -2.39. The standard InChI is InChI=1S/C43H46ClN5O7/c1-49(42-26-12-13-31(42)38(21-26)56-43(54)47-33-11-7-6-10-28(33)25-8-4-3-5-9-25)19-18-40(53)46-34-22-37(55-2)27(20-32(34)44)23-45-24-36(51)29-14-16-35(50)41-30(29)15-17-39(52)48-41/h3-11,14-17,20,22,26,31,36,38,42,45,50-51H,12-13,18-19,21,23-24H2,1-2H3,(H,46,53)(H,47,54)(H,48,52)/t26?,31?,36-,38?,42?/m0/s1. The minimum Gasteiger partial charge on any atom is -0.506 e. The normalized spacial score (nSPS) is 19.2. The summed E-state index contributed by atoms with van der Waals surface area (Å²) >= 11 is 6.64. The molecule has 0 radical (unpaired) electrons. The molecule has 7 rings (SSSR count). The van der Waals surface area contributed by atoms with Crippen LogP contribution in [0.2, 0.25) is 5.02 Å². The summed E-state index contributed by atoms with van der Waals surface area (Å²) in [5.41, 5.74) is 4.26. The van der Waals surface area contributed by atoms with Gasteiger partial charge in [-0.25, -0.2) is 4.79 Å². The summed E-state index contributed by atoms with van der Waals surface area (Å²) in [6.45, 7) is 0.999. The second-order valence-electron chi connectivity index (χ2n) is 14.6. The number of hydrogen-bond acceptors (Lipinski definition) is 9. The molecule has 0 aliphatic heterocycles. The Morgan fingerprint density at radius 1 is 0.982 bits per heavy atom. The number of aromatic amines is 1. The number of para-hydroxylation sites is 1. The number of nitrogens with zero attached hydrogens (tertiary/aromatic N) is 1. The molecule has 2 amide bonds. The lowest BCUT2D eigenvalue weighted by Gasteiger charge is -2.29. The first-order valence-corrected chi connectivity index (χ1v) is 19.2. The summed E-state index contributed by atoms with van der Waals surface area (Å²) in [4.78, 5) is 42.9. The maximum Gasteiger partial charge on any atom is 0.411 e. The lowest BCUT2D eigenvalue weighted by atomic mass is 9.98. The number of anilines is 2. The lowest BCUT2D eigenvalue weighted by molar-refractivity contribution is -0.116. The van der Waals surface area contributed by atoms with Crippen molar-refractivity contribution in [2.75, 3.05) is 37.9 Å². The van der Waals surface area contributed by atoms with Gasteiger partial charge in [0.15, 0.2) is 0 Å². The van der Waals surface area contributed by atoms with E-state index in [1.807, 2.05) is 61.6 Å². The molecule has 1 heterocycles. The maximum atomic E-state index is 13.2. The number of aliphatic hydroxyl groups excluding tert-OH is 1. The van der Waals surface area contributed by atoms with E-state index < -0.39 is 12.2 Å². The summed E-state index contributed by atoms with van der Waals surface area (Å²) in [6, 6.07) is 27.2. The van der Waals surface area contributed by atoms with Crippen molar-refractivity contribution in [2.24, 2.45) is 11.8 Å². The molecule has 2 fully saturated rings. The Morgan fingerprint density at radius 2 is 1.77 bits per heavy atom. The number of nitrogens with one attached hydrogen (secondary N) is 4. The van der Waals surface area contributed by atoms with E-state index in [0.717, 1.165) is 36.0 Å². The molecule has 6 N–H and O–H groups in total. The smallest absolute Gasteiger partial charge is 0.411 e. The maximum absolute atomic E-state index is 13.2. The van der Waals surface area contributed by atoms with Gasteiger partial charge >= 0.3 is 6.09 Å². The van der Waals surface area contributed by atoms with Gasteiger partial charge in [-0.1, -0.05) is 66.2 Å². The van der Waals surface area contributed by atoms with E-state index >= 15 is 0 Å². The number of ether oxygens (including phenoxy) is 2. The highest BCUT2D eigenvalue weighted by Gasteiger charge is 2.51. The van der Waals surface area contributed by atoms with Gasteiger partial charge in [0.1, 0.15) is 17.6 Å². The van der Waals surface area contributed by atoms with E-state index in [2.05, 4.69) is 25.8 Å². The van der Waals surface area contributed by atoms with Gasteiger partial charge in [-0.3, -0.25) is 14.9 Å². The van der Waals surface area contributed by atoms with Crippen LogP contribution in [0.1, 0.15) is 42.9 Å². The van der Waals surface area contributed by atoms with E-state index in [4.69, 9.17) is 21.1 Å². The number of rotatable bonds is 14. The molecular formula is C43H46ClN5O7. The van der Waals surface area contributed by atoms with Gasteiger partial charge in [0.05, 0.1) is 35.1 Å². The van der Waals surface area contributed by atoms with Crippen LogP contribution >= 0.6 is 11.6 Å². The van der Waals surface area contributed by atoms with E-state index in [-0.39, 0.29) is 53.8 Å². The SMILES string of the molecule is COc1cc(NC(=O)CCN(C)C2C3CCC2C(OC(=O)Nc2ccccc2-c2ccccc2)C3)c(Cl)cc1CNC[C@H](O)c1ccc(O)c2[nH]c(=O)ccc12. The third-order valence-electron chi connectivity index (χ3n) is 11.1. The summed E-state index contributed by atoms with van der Waals surface area (Å²) in [7, 11) is 3.56. The number of phenolic OH excluding ortho intramolecular Hbond substituents is 1. The van der Waals surface area contributed by atoms with Crippen molar-refractivity contribution in [3.8, 4) is 22.6 Å². The van der Waals surface area contributed by atoms with Gasteiger partial charge in [-0.05, 0) is 67.6 Å². The number of pyridine rings is 1. The van der Waals surface area contributed by atoms with Crippen molar-refractivity contribution < 1.29 is 29.3 Å². The Kier molecular flexibility index (Phi) is 11.9. The Bertz CT molecular complexity index is 2270. The number of phenols is 1. The third kappa shape index (κ3) is 8.53. The van der Waals surface area contributed by atoms with Crippen LogP contribution in [0.15, 0.2) is 95.8 Å². The molecule has 0 spiro atoms. The monoisotopic (exact) mass is 779 g/mol. The van der Waals surface area contributed by atoms with Crippen molar-refractivity contribution in [3.63, 3.8) is 0 Å². The topological polar surface area (TPSA) is 165 Å². The predicted octanol–water partition coefficient (Wildman–Crippen LogP) is 7.06. The van der Waals surface area contributed by atoms with Crippen LogP contribution in [-0.4, -0.2) is 71.5 Å². The Hall–Kier alpha value is -5.40. The fourth-order valence-corrected chi connectivity index (χ4v) is 8.69. The van der Waals surface area contributed by atoms with Crippen molar-refractivity contribution in [2.45, 2.75) is 50.5 Å². The van der Waals surface area contributed by atoms with Gasteiger partial charge in [0.2, 0.25) is 11.5 Å². The zero-order valence-corrected chi connectivity index (χ0v) is 32.0. The molecule has 12 nitrogen and oxygen atoms in total. The number of fused-ring (bicyclic) bond motifs is 3. The van der Waals surface area contributed by atoms with Gasteiger partial charge in [0, 0.05) is 66.7 Å². The molecule has 4 aromatic carbocycles. The number of benzene rings is 4. The number of H-pyrrole nitrogens is 1. The number of hydrogen-bond donors (Lipinski definition) is 6. The number of carbonyl (C=O) groups excluding carboxylic acids is 2. The highest BCUT2D eigenvalue weighted by atomic mass is 35.5. The molecule has 2 aliphatic carbocycles. The zero-order valence-electron chi connectivity index (χ0n) is 31.3. The average Bonchev–Trinajstić information content (AvgIpc) is 3.77. The summed E-state index contributed by atoms with van der Waals surface area (Å²) < 4.78 is 11.6. The number of carbonyl (C=O) groups is 2. The first kappa shape index (κ1) is 38.9. The van der Waals surface area contributed by atoms with Crippen LogP contribution in [0.5, 0.6) is 11.5 Å². The molecule has 1 aromatic heterocycles. The number of methoxy groups -OCH3 is 1. The molecule has 2 bridgehead atoms. The van der Waals surface area contributed by atoms with E-state index in [9.17, 15) is 24.6 Å². The molecule has 56 heavy (non-hydrogen) atoms. The molecule has 2 saturated carbocycles. The molecular weight excluding hydrogens is 734 g/mol. The first-order chi connectivity index (χ1) is 27.1. The number of halogens is 1. The van der Waals surface area contributed by atoms with E-state index in [1.165, 1.54) is 19.2 Å². The van der Waals surface area contributed by atoms with E-state index in [1.54, 1.807) is 24.3 Å². The third-order valence-corrected chi connectivity index (χ3v) is 11.4. The van der Waals surface area contributed by atoms with Crippen LogP contribution in [0, 0.1) is 11.8 Å². The molecule has 2 aliphatic rings. The Balaban J connectivity index is 0.899. The summed E-state index contributed by atoms with van der Waals surface area (Å²) in [6.07, 6.45) is 1.49. The van der Waals surface area contributed by atoms with Crippen LogP contribution in [0.3, 0.4) is 0 Å². The molecule has 4 unspecified atom stereocenters. The van der Waals surface area contributed by atoms with Gasteiger partial charge < -0.3 is 40.2 Å². The Labute approximate surface area is 329 Å². The van der Waals surface area contributed by atoms with Crippen molar-refractivity contribution in [3.05, 3.63) is 117 Å². The van der Waals surface area contributed by atoms with Crippen molar-refractivity contribution in [1.29, 1.82) is 0 Å². The fourth-order valence-electron chi connectivity index (χ4n) is 8.46. The zero-order chi connectivity index (χ0) is 39.3. The van der Waals surface area contributed by atoms with Crippen LogP contribution in [0.25, 0.3) is 22.0 Å². The van der Waals surface area contributed by atoms with Gasteiger partial charge in [-0.15, -0.1) is 0 Å². The minimum absolute atomic E-state index is 0.0789. The molecule has 13 heteroatoms. The second kappa shape index (κ2) is 17.2. The molecule has 5 aromatic rings. The first-order valence-electron chi connectivity index (χ1n) is 18.8. The Morgan fingerprint density at radius 3 is 2.57 bits per heavy atom. The largest absolute Gasteiger partial charge is 0.506 e. The highest BCUT2D eigenvalue weighted by molar-refractivity contribution is 6.33. The number of aromatic hydroxyl groups is 1. The average molecular weight is 780 g/mol. The van der Waals surface area contributed by atoms with Gasteiger partial charge in [0.25, 0.3) is 0 Å². The van der Waals surface area contributed by atoms with Crippen molar-refractivity contribution >= 4 is 45.9 Å². The molecule has 5 atom stereocenters. The summed E-state index contributed by atoms with van der Waals surface area (Å²) in [5, 5.41) is 31.1. The fraction of sp³-hybridized carbons (Fsp3) is 0.326. The number of aliphatic hydroxyl groups is 1. The van der Waals surface area contributed by atoms with Crippen molar-refractivity contribution in [1.82, 2.24) is 15.2 Å². The molecule has 0 saturated heterocycles. The summed E-state index contributed by atoms with van der Waals surface area (Å²) in [5.74, 6) is 0.818. The van der Waals surface area contributed by atoms with Crippen LogP contribution in [0.4, 0.5) is 16.2 Å².